The monoisotopic (exact) mass is 574 g/mol. The van der Waals surface area contributed by atoms with Gasteiger partial charge in [-0.15, -0.1) is 0 Å². The van der Waals surface area contributed by atoms with Crippen molar-refractivity contribution in [3.8, 4) is 0 Å². The van der Waals surface area contributed by atoms with Gasteiger partial charge in [-0.25, -0.2) is 0 Å². The molecule has 9 heteroatoms. The summed E-state index contributed by atoms with van der Waals surface area (Å²) in [5.74, 6) is -1.58. The third-order valence-corrected chi connectivity index (χ3v) is 9.02. The predicted molar refractivity (Wildman–Crippen MR) is 155 cm³/mol. The van der Waals surface area contributed by atoms with E-state index in [9.17, 15) is 0 Å². The van der Waals surface area contributed by atoms with E-state index in [4.69, 9.17) is 36.6 Å². The molecule has 0 unspecified atom stereocenters. The Hall–Kier alpha value is -2.94. The number of hydrogen-bond acceptors (Lipinski definition) is 8. The number of hydrogen-bond donors (Lipinski definition) is 0. The molecule has 41 heavy (non-hydrogen) atoms. The van der Waals surface area contributed by atoms with Crippen molar-refractivity contribution >= 4 is 51.7 Å². The first-order chi connectivity index (χ1) is 19.7. The number of ether oxygens (including phenoxy) is 5. The summed E-state index contributed by atoms with van der Waals surface area (Å²) in [4.78, 5) is 0. The van der Waals surface area contributed by atoms with Crippen molar-refractivity contribution in [2.75, 3.05) is 6.61 Å². The second-order valence-electron chi connectivity index (χ2n) is 11.7. The fourth-order valence-electron chi connectivity index (χ4n) is 6.36. The van der Waals surface area contributed by atoms with Gasteiger partial charge in [0.2, 0.25) is 0 Å². The maximum atomic E-state index is 6.50. The van der Waals surface area contributed by atoms with Crippen molar-refractivity contribution in [2.24, 2.45) is 0 Å². The van der Waals surface area contributed by atoms with Gasteiger partial charge in [-0.3, -0.25) is 4.52 Å². The molecular weight excluding hydrogens is 543 g/mol. The smallest absolute Gasteiger partial charge is 0.387 e. The molecule has 8 rings (SSSR count). The van der Waals surface area contributed by atoms with Crippen LogP contribution in [0.25, 0.3) is 43.5 Å². The molecule has 0 aliphatic carbocycles. The van der Waals surface area contributed by atoms with Crippen molar-refractivity contribution in [3.63, 3.8) is 0 Å². The van der Waals surface area contributed by atoms with Crippen LogP contribution >= 0.6 is 8.24 Å². The van der Waals surface area contributed by atoms with E-state index in [0.717, 1.165) is 32.3 Å². The van der Waals surface area contributed by atoms with Gasteiger partial charge in [-0.1, -0.05) is 60.7 Å². The van der Waals surface area contributed by atoms with Crippen molar-refractivity contribution in [1.82, 2.24) is 0 Å². The summed E-state index contributed by atoms with van der Waals surface area (Å²) < 4.78 is 50.4. The Bertz CT molecular complexity index is 1750. The predicted octanol–water partition coefficient (Wildman–Crippen LogP) is 7.42. The lowest BCUT2D eigenvalue weighted by molar-refractivity contribution is -0.237. The summed E-state index contributed by atoms with van der Waals surface area (Å²) in [6.45, 7) is 7.68. The molecule has 3 saturated heterocycles. The molecule has 3 aliphatic rings. The summed E-state index contributed by atoms with van der Waals surface area (Å²) in [7, 11) is -1.83. The Morgan fingerprint density at radius 1 is 0.634 bits per heavy atom. The Kier molecular flexibility index (Phi) is 5.83. The molecule has 3 fully saturated rings. The Balaban J connectivity index is 1.23. The van der Waals surface area contributed by atoms with Crippen LogP contribution in [-0.2, 0) is 23.7 Å². The lowest BCUT2D eigenvalue weighted by Gasteiger charge is -2.36. The van der Waals surface area contributed by atoms with Crippen LogP contribution in [0.2, 0.25) is 0 Å². The summed E-state index contributed by atoms with van der Waals surface area (Å²) in [6.07, 6.45) is -2.24. The van der Waals surface area contributed by atoms with Gasteiger partial charge < -0.3 is 32.1 Å². The van der Waals surface area contributed by atoms with Crippen molar-refractivity contribution in [3.05, 3.63) is 72.8 Å². The molecule has 4 aromatic carbocycles. The molecule has 4 heterocycles. The molecule has 5 atom stereocenters. The molecule has 0 N–H and O–H groups in total. The number of benzene rings is 4. The second-order valence-corrected chi connectivity index (χ2v) is 12.8. The lowest BCUT2D eigenvalue weighted by atomic mass is 9.99. The molecule has 5 aromatic rings. The SMILES string of the molecule is CC1(C)O[C@H]2O[C@H](COp3oc4ccc5ccccc5c4c4c(ccc5ccccc54)o3)[C@H]3OC(C)(C)O[C@@H]3[C@H]2O1. The Morgan fingerprint density at radius 3 is 1.80 bits per heavy atom. The lowest BCUT2D eigenvalue weighted by Crippen LogP contribution is -2.56. The molecule has 0 amide bonds. The molecule has 0 bridgehead atoms. The maximum Gasteiger partial charge on any atom is 0.387 e. The van der Waals surface area contributed by atoms with E-state index in [2.05, 4.69) is 36.4 Å². The van der Waals surface area contributed by atoms with E-state index >= 15 is 0 Å². The highest BCUT2D eigenvalue weighted by molar-refractivity contribution is 7.31. The normalized spacial score (nSPS) is 28.3. The topological polar surface area (TPSA) is 81.7 Å². The quantitative estimate of drug-likeness (QED) is 0.220. The Labute approximate surface area is 237 Å². The molecule has 0 saturated carbocycles. The number of fused-ring (bicyclic) bond motifs is 10. The average molecular weight is 575 g/mol. The zero-order valence-electron chi connectivity index (χ0n) is 23.2. The van der Waals surface area contributed by atoms with Crippen molar-refractivity contribution < 1.29 is 36.6 Å². The summed E-state index contributed by atoms with van der Waals surface area (Å²) in [5, 5.41) is 6.42. The highest BCUT2D eigenvalue weighted by atomic mass is 31.1. The third kappa shape index (κ3) is 4.37. The largest absolute Gasteiger partial charge is 0.399 e. The van der Waals surface area contributed by atoms with E-state index < -0.39 is 44.4 Å². The van der Waals surface area contributed by atoms with Gasteiger partial charge in [-0.2, -0.15) is 0 Å². The molecule has 8 nitrogen and oxygen atoms in total. The van der Waals surface area contributed by atoms with Crippen LogP contribution in [0.15, 0.2) is 81.2 Å². The second kappa shape index (κ2) is 9.28. The first-order valence-electron chi connectivity index (χ1n) is 13.9. The van der Waals surface area contributed by atoms with Crippen LogP contribution in [0.5, 0.6) is 0 Å². The number of rotatable bonds is 3. The third-order valence-electron chi connectivity index (χ3n) is 7.97. The summed E-state index contributed by atoms with van der Waals surface area (Å²) in [5.41, 5.74) is 1.42. The van der Waals surface area contributed by atoms with Gasteiger partial charge in [0.25, 0.3) is 0 Å². The highest BCUT2D eigenvalue weighted by Gasteiger charge is 2.60. The van der Waals surface area contributed by atoms with Gasteiger partial charge in [-0.05, 0) is 61.4 Å². The fourth-order valence-corrected chi connectivity index (χ4v) is 7.40. The van der Waals surface area contributed by atoms with E-state index in [0.29, 0.717) is 11.2 Å². The van der Waals surface area contributed by atoms with Crippen LogP contribution in [0.4, 0.5) is 0 Å². The van der Waals surface area contributed by atoms with Gasteiger partial charge >= 0.3 is 8.24 Å². The van der Waals surface area contributed by atoms with Gasteiger partial charge in [0.15, 0.2) is 17.9 Å². The minimum absolute atomic E-state index is 0.158. The fraction of sp³-hybridized carbons (Fsp3) is 0.375. The van der Waals surface area contributed by atoms with Crippen LogP contribution in [0, 0.1) is 0 Å². The van der Waals surface area contributed by atoms with Crippen molar-refractivity contribution in [1.29, 1.82) is 0 Å². The average Bonchev–Trinajstić information content (AvgIpc) is 3.38. The molecule has 1 aromatic heterocycles. The van der Waals surface area contributed by atoms with Gasteiger partial charge in [0, 0.05) is 10.8 Å². The van der Waals surface area contributed by atoms with Crippen LogP contribution in [0.3, 0.4) is 0 Å². The molecule has 0 radical (unpaired) electrons. The van der Waals surface area contributed by atoms with Gasteiger partial charge in [0.1, 0.15) is 35.6 Å². The van der Waals surface area contributed by atoms with Crippen LogP contribution in [0.1, 0.15) is 27.7 Å². The van der Waals surface area contributed by atoms with E-state index in [1.807, 2.05) is 64.1 Å². The first-order valence-corrected chi connectivity index (χ1v) is 15.0. The molecule has 0 spiro atoms. The minimum atomic E-state index is -1.83. The molecular formula is C32H31O8P. The van der Waals surface area contributed by atoms with E-state index in [1.54, 1.807) is 0 Å². The Morgan fingerprint density at radius 2 is 1.17 bits per heavy atom. The minimum Gasteiger partial charge on any atom is -0.399 e. The zero-order chi connectivity index (χ0) is 27.9. The van der Waals surface area contributed by atoms with Crippen LogP contribution < -0.4 is 4.52 Å². The molecule has 3 aliphatic heterocycles. The standard InChI is InChI=1S/C32H31O8P/c1-31(2)35-27-24(34-30-29(28(27)36-31)37-32(3,4)38-30)17-33-41-39-22-15-13-18-9-5-7-11-20(18)25(22)26-21-12-8-6-10-19(21)14-16-23(26)40-41/h5-16,24,27-30H,17H2,1-4H3/t24-,27-,28+,29-,30-/m1/s1. The van der Waals surface area contributed by atoms with Crippen LogP contribution in [-0.4, -0.2) is 48.9 Å². The highest BCUT2D eigenvalue weighted by Crippen LogP contribution is 2.45. The van der Waals surface area contributed by atoms with Crippen molar-refractivity contribution in [2.45, 2.75) is 70.0 Å². The van der Waals surface area contributed by atoms with E-state index in [-0.39, 0.29) is 12.7 Å². The first kappa shape index (κ1) is 25.7. The summed E-state index contributed by atoms with van der Waals surface area (Å²) in [6, 6.07) is 24.8. The maximum absolute atomic E-state index is 6.50. The van der Waals surface area contributed by atoms with E-state index in [1.165, 1.54) is 0 Å². The van der Waals surface area contributed by atoms with Gasteiger partial charge in [0.05, 0.1) is 6.61 Å². The molecule has 212 valence electrons. The summed E-state index contributed by atoms with van der Waals surface area (Å²) >= 11 is 0. The zero-order valence-corrected chi connectivity index (χ0v) is 24.1.